The number of carbonyl (C=O) groups is 3. The number of methoxy groups -OCH3 is 3. The first-order valence-corrected chi connectivity index (χ1v) is 9.48. The van der Waals surface area contributed by atoms with Gasteiger partial charge in [0, 0.05) is 23.0 Å². The van der Waals surface area contributed by atoms with E-state index < -0.39 is 23.8 Å². The van der Waals surface area contributed by atoms with Gasteiger partial charge in [0.25, 0.3) is 0 Å². The topological polar surface area (TPSA) is 82.1 Å². The molecule has 150 valence electrons. The van der Waals surface area contributed by atoms with Crippen LogP contribution in [0.1, 0.15) is 21.2 Å². The predicted octanol–water partition coefficient (Wildman–Crippen LogP) is 3.25. The van der Waals surface area contributed by atoms with Crippen LogP contribution < -0.4 is 4.90 Å². The molecule has 3 rings (SSSR count). The van der Waals surface area contributed by atoms with Gasteiger partial charge < -0.3 is 19.1 Å². The van der Waals surface area contributed by atoms with Gasteiger partial charge in [-0.05, 0) is 35.7 Å². The van der Waals surface area contributed by atoms with Gasteiger partial charge in [-0.3, -0.25) is 0 Å². The molecule has 1 aliphatic rings. The second-order valence-electron chi connectivity index (χ2n) is 6.05. The van der Waals surface area contributed by atoms with Crippen LogP contribution in [0.15, 0.2) is 65.3 Å². The van der Waals surface area contributed by atoms with Crippen LogP contribution in [0.25, 0.3) is 0 Å². The minimum atomic E-state index is -0.597. The molecule has 1 aliphatic heterocycles. The van der Waals surface area contributed by atoms with Gasteiger partial charge >= 0.3 is 17.9 Å². The highest BCUT2D eigenvalue weighted by atomic mass is 32.1. The van der Waals surface area contributed by atoms with Gasteiger partial charge in [-0.15, -0.1) is 11.3 Å². The van der Waals surface area contributed by atoms with Crippen LogP contribution in [-0.4, -0.2) is 39.2 Å². The smallest absolute Gasteiger partial charge is 0.337 e. The average Bonchev–Trinajstić information content (AvgIpc) is 3.31. The van der Waals surface area contributed by atoms with Crippen LogP contribution in [0.2, 0.25) is 0 Å². The highest BCUT2D eigenvalue weighted by Gasteiger charge is 2.36. The number of benzene rings is 1. The molecular formula is C21H19NO6S. The van der Waals surface area contributed by atoms with Gasteiger partial charge in [-0.25, -0.2) is 14.4 Å². The molecule has 0 atom stereocenters. The fourth-order valence-corrected chi connectivity index (χ4v) is 3.89. The lowest BCUT2D eigenvalue weighted by molar-refractivity contribution is -0.137. The monoisotopic (exact) mass is 413 g/mol. The number of nitrogens with zero attached hydrogens (tertiary/aromatic N) is 1. The SMILES string of the molecule is COC(=O)C1=CN(c2ccc(C(=O)OC)cc2)C=C(C(=O)OC)C1c1cccs1. The lowest BCUT2D eigenvalue weighted by atomic mass is 9.88. The summed E-state index contributed by atoms with van der Waals surface area (Å²) in [6, 6.07) is 10.3. The lowest BCUT2D eigenvalue weighted by Gasteiger charge is -2.29. The Kier molecular flexibility index (Phi) is 6.13. The van der Waals surface area contributed by atoms with Crippen molar-refractivity contribution >= 4 is 34.9 Å². The molecule has 29 heavy (non-hydrogen) atoms. The molecule has 2 aromatic rings. The van der Waals surface area contributed by atoms with Gasteiger partial charge in [0.2, 0.25) is 0 Å². The van der Waals surface area contributed by atoms with E-state index in [9.17, 15) is 14.4 Å². The van der Waals surface area contributed by atoms with E-state index in [4.69, 9.17) is 14.2 Å². The second-order valence-corrected chi connectivity index (χ2v) is 7.03. The van der Waals surface area contributed by atoms with Gasteiger partial charge in [-0.2, -0.15) is 0 Å². The Bertz CT molecular complexity index is 941. The fraction of sp³-hybridized carbons (Fsp3) is 0.190. The van der Waals surface area contributed by atoms with E-state index in [1.807, 2.05) is 17.5 Å². The van der Waals surface area contributed by atoms with E-state index in [0.29, 0.717) is 22.4 Å². The second kappa shape index (κ2) is 8.74. The van der Waals surface area contributed by atoms with E-state index in [1.54, 1.807) is 41.6 Å². The van der Waals surface area contributed by atoms with E-state index in [2.05, 4.69) is 0 Å². The summed E-state index contributed by atoms with van der Waals surface area (Å²) in [7, 11) is 3.89. The maximum Gasteiger partial charge on any atom is 0.337 e. The highest BCUT2D eigenvalue weighted by Crippen LogP contribution is 2.40. The Morgan fingerprint density at radius 1 is 0.828 bits per heavy atom. The zero-order chi connectivity index (χ0) is 21.0. The number of rotatable bonds is 5. The number of hydrogen-bond acceptors (Lipinski definition) is 8. The molecule has 0 N–H and O–H groups in total. The first-order chi connectivity index (χ1) is 14.0. The molecule has 0 aliphatic carbocycles. The number of carbonyl (C=O) groups excluding carboxylic acids is 3. The molecule has 2 heterocycles. The van der Waals surface area contributed by atoms with E-state index >= 15 is 0 Å². The molecule has 1 aromatic heterocycles. The Morgan fingerprint density at radius 3 is 1.83 bits per heavy atom. The van der Waals surface area contributed by atoms with Crippen molar-refractivity contribution in [3.05, 3.63) is 75.8 Å². The third-order valence-electron chi connectivity index (χ3n) is 4.43. The third kappa shape index (κ3) is 4.07. The highest BCUT2D eigenvalue weighted by molar-refractivity contribution is 7.10. The molecule has 0 unspecified atom stereocenters. The van der Waals surface area contributed by atoms with Gasteiger partial charge in [0.1, 0.15) is 0 Å². The summed E-state index contributed by atoms with van der Waals surface area (Å²) >= 11 is 1.43. The van der Waals surface area contributed by atoms with E-state index in [0.717, 1.165) is 4.88 Å². The molecular weight excluding hydrogens is 394 g/mol. The summed E-state index contributed by atoms with van der Waals surface area (Å²) in [6.45, 7) is 0. The van der Waals surface area contributed by atoms with Crippen LogP contribution >= 0.6 is 11.3 Å². The molecule has 1 aromatic carbocycles. The van der Waals surface area contributed by atoms with Crippen molar-refractivity contribution in [2.24, 2.45) is 0 Å². The summed E-state index contributed by atoms with van der Waals surface area (Å²) in [5.74, 6) is -2.15. The summed E-state index contributed by atoms with van der Waals surface area (Å²) in [6.07, 6.45) is 3.24. The molecule has 0 saturated heterocycles. The Balaban J connectivity index is 2.09. The fourth-order valence-electron chi connectivity index (χ4n) is 3.03. The Morgan fingerprint density at radius 2 is 1.38 bits per heavy atom. The third-order valence-corrected chi connectivity index (χ3v) is 5.37. The van der Waals surface area contributed by atoms with Crippen molar-refractivity contribution in [3.63, 3.8) is 0 Å². The van der Waals surface area contributed by atoms with Crippen LogP contribution in [0.3, 0.4) is 0 Å². The minimum absolute atomic E-state index is 0.301. The maximum atomic E-state index is 12.5. The maximum absolute atomic E-state index is 12.5. The van der Waals surface area contributed by atoms with Gasteiger partial charge in [-0.1, -0.05) is 6.07 Å². The van der Waals surface area contributed by atoms with Crippen LogP contribution in [0.4, 0.5) is 5.69 Å². The zero-order valence-corrected chi connectivity index (χ0v) is 16.9. The molecule has 8 heteroatoms. The van der Waals surface area contributed by atoms with Crippen molar-refractivity contribution in [1.82, 2.24) is 0 Å². The number of anilines is 1. The number of hydrogen-bond donors (Lipinski definition) is 0. The number of ether oxygens (including phenoxy) is 3. The Hall–Kier alpha value is -3.39. The van der Waals surface area contributed by atoms with E-state index in [1.165, 1.54) is 32.7 Å². The predicted molar refractivity (Wildman–Crippen MR) is 108 cm³/mol. The summed E-state index contributed by atoms with van der Waals surface area (Å²) in [5.41, 5.74) is 1.63. The summed E-state index contributed by atoms with van der Waals surface area (Å²) in [4.78, 5) is 39.2. The molecule has 0 radical (unpaired) electrons. The van der Waals surface area contributed by atoms with E-state index in [-0.39, 0.29) is 0 Å². The average molecular weight is 413 g/mol. The number of thiophene rings is 1. The van der Waals surface area contributed by atoms with Crippen LogP contribution in [0.5, 0.6) is 0 Å². The standard InChI is InChI=1S/C21H19NO6S/c1-26-19(23)13-6-8-14(9-7-13)22-11-15(20(24)27-2)18(17-5-4-10-29-17)16(12-22)21(25)28-3/h4-12,18H,1-3H3. The summed E-state index contributed by atoms with van der Waals surface area (Å²) in [5, 5.41) is 1.87. The first-order valence-electron chi connectivity index (χ1n) is 8.60. The van der Waals surface area contributed by atoms with Crippen LogP contribution in [-0.2, 0) is 23.8 Å². The zero-order valence-electron chi connectivity index (χ0n) is 16.1. The quantitative estimate of drug-likeness (QED) is 0.550. The summed E-state index contributed by atoms with van der Waals surface area (Å²) < 4.78 is 14.6. The molecule has 0 fully saturated rings. The largest absolute Gasteiger partial charge is 0.466 e. The van der Waals surface area contributed by atoms with Gasteiger partial charge in [0.15, 0.2) is 0 Å². The first kappa shape index (κ1) is 20.3. The Labute approximate surface area is 171 Å². The molecule has 0 amide bonds. The van der Waals surface area contributed by atoms with Crippen molar-refractivity contribution in [2.75, 3.05) is 26.2 Å². The van der Waals surface area contributed by atoms with Crippen molar-refractivity contribution in [1.29, 1.82) is 0 Å². The molecule has 7 nitrogen and oxygen atoms in total. The normalized spacial score (nSPS) is 14.0. The van der Waals surface area contributed by atoms with Crippen molar-refractivity contribution in [2.45, 2.75) is 5.92 Å². The van der Waals surface area contributed by atoms with Gasteiger partial charge in [0.05, 0.1) is 44.0 Å². The lowest BCUT2D eigenvalue weighted by Crippen LogP contribution is -2.28. The number of esters is 3. The van der Waals surface area contributed by atoms with Crippen molar-refractivity contribution < 1.29 is 28.6 Å². The van der Waals surface area contributed by atoms with Crippen LogP contribution in [0, 0.1) is 0 Å². The minimum Gasteiger partial charge on any atom is -0.466 e. The van der Waals surface area contributed by atoms with Crippen molar-refractivity contribution in [3.8, 4) is 0 Å². The molecule has 0 saturated carbocycles. The molecule has 0 spiro atoms. The molecule has 0 bridgehead atoms.